The molecule has 0 amide bonds. The summed E-state index contributed by atoms with van der Waals surface area (Å²) in [6.45, 7) is 0. The van der Waals surface area contributed by atoms with Gasteiger partial charge < -0.3 is 4.74 Å². The normalized spacial score (nSPS) is 11.3. The Bertz CT molecular complexity index is 807. The molecule has 0 aliphatic heterocycles. The summed E-state index contributed by atoms with van der Waals surface area (Å²) in [5, 5.41) is 0. The maximum absolute atomic E-state index is 12.7. The number of nitrogens with zero attached hydrogens (tertiary/aromatic N) is 3. The van der Waals surface area contributed by atoms with Crippen LogP contribution in [-0.4, -0.2) is 15.0 Å². The van der Waals surface area contributed by atoms with E-state index in [4.69, 9.17) is 4.74 Å². The average molecular weight is 317 g/mol. The van der Waals surface area contributed by atoms with E-state index in [-0.39, 0.29) is 0 Å². The molecule has 0 spiro atoms. The second-order valence-corrected chi connectivity index (χ2v) is 4.60. The van der Waals surface area contributed by atoms with Gasteiger partial charge in [-0.3, -0.25) is 15.0 Å². The van der Waals surface area contributed by atoms with Crippen molar-refractivity contribution < 1.29 is 17.9 Å². The van der Waals surface area contributed by atoms with Gasteiger partial charge in [-0.25, -0.2) is 0 Å². The lowest BCUT2D eigenvalue weighted by Gasteiger charge is -2.09. The van der Waals surface area contributed by atoms with Gasteiger partial charge in [0.15, 0.2) is 0 Å². The zero-order valence-electron chi connectivity index (χ0n) is 11.7. The summed E-state index contributed by atoms with van der Waals surface area (Å²) in [7, 11) is 0. The van der Waals surface area contributed by atoms with E-state index >= 15 is 0 Å². The van der Waals surface area contributed by atoms with Gasteiger partial charge in [0.2, 0.25) is 0 Å². The van der Waals surface area contributed by atoms with E-state index in [0.29, 0.717) is 22.8 Å². The fourth-order valence-corrected chi connectivity index (χ4v) is 1.92. The molecule has 0 bridgehead atoms. The molecule has 3 heterocycles. The number of hydrogen-bond donors (Lipinski definition) is 0. The van der Waals surface area contributed by atoms with E-state index in [2.05, 4.69) is 15.0 Å². The third kappa shape index (κ3) is 3.63. The van der Waals surface area contributed by atoms with E-state index in [1.54, 1.807) is 30.5 Å². The lowest BCUT2D eigenvalue weighted by atomic mass is 10.1. The number of hydrogen-bond acceptors (Lipinski definition) is 4. The van der Waals surface area contributed by atoms with Gasteiger partial charge in [-0.1, -0.05) is 0 Å². The van der Waals surface area contributed by atoms with E-state index < -0.39 is 11.9 Å². The SMILES string of the molecule is FC(F)(F)c1cc(-c2cc(Oc3cccnc3)ccn2)ccn1. The van der Waals surface area contributed by atoms with Gasteiger partial charge in [-0.05, 0) is 30.3 Å². The third-order valence-corrected chi connectivity index (χ3v) is 2.95. The van der Waals surface area contributed by atoms with E-state index in [1.165, 1.54) is 18.5 Å². The molecule has 23 heavy (non-hydrogen) atoms. The summed E-state index contributed by atoms with van der Waals surface area (Å²) in [5.41, 5.74) is -0.293. The van der Waals surface area contributed by atoms with Crippen molar-refractivity contribution in [1.82, 2.24) is 15.0 Å². The van der Waals surface area contributed by atoms with Crippen LogP contribution in [0.15, 0.2) is 61.2 Å². The molecule has 0 fully saturated rings. The number of alkyl halides is 3. The van der Waals surface area contributed by atoms with Crippen LogP contribution in [0.25, 0.3) is 11.3 Å². The fourth-order valence-electron chi connectivity index (χ4n) is 1.92. The molecule has 0 saturated heterocycles. The highest BCUT2D eigenvalue weighted by molar-refractivity contribution is 5.61. The number of rotatable bonds is 3. The molecule has 0 radical (unpaired) electrons. The van der Waals surface area contributed by atoms with Crippen molar-refractivity contribution in [2.24, 2.45) is 0 Å². The minimum absolute atomic E-state index is 0.309. The predicted octanol–water partition coefficient (Wildman–Crippen LogP) is 4.35. The molecule has 0 unspecified atom stereocenters. The third-order valence-electron chi connectivity index (χ3n) is 2.95. The van der Waals surface area contributed by atoms with Crippen molar-refractivity contribution in [3.05, 3.63) is 66.9 Å². The van der Waals surface area contributed by atoms with Gasteiger partial charge >= 0.3 is 6.18 Å². The average Bonchev–Trinajstić information content (AvgIpc) is 2.55. The van der Waals surface area contributed by atoms with E-state index in [0.717, 1.165) is 12.3 Å². The summed E-state index contributed by atoms with van der Waals surface area (Å²) in [6.07, 6.45) is 1.22. The number of ether oxygens (including phenoxy) is 1. The first-order chi connectivity index (χ1) is 11.0. The summed E-state index contributed by atoms with van der Waals surface area (Å²) in [4.78, 5) is 11.3. The van der Waals surface area contributed by atoms with Gasteiger partial charge in [0.05, 0.1) is 11.9 Å². The van der Waals surface area contributed by atoms with Crippen LogP contribution in [-0.2, 0) is 6.18 Å². The molecule has 0 N–H and O–H groups in total. The molecule has 0 aliphatic rings. The van der Waals surface area contributed by atoms with Gasteiger partial charge in [0.1, 0.15) is 17.2 Å². The van der Waals surface area contributed by atoms with Gasteiger partial charge in [0.25, 0.3) is 0 Å². The van der Waals surface area contributed by atoms with E-state index in [1.807, 2.05) is 0 Å². The maximum atomic E-state index is 12.7. The Balaban J connectivity index is 1.91. The Morgan fingerprint density at radius 3 is 2.43 bits per heavy atom. The van der Waals surface area contributed by atoms with Crippen LogP contribution >= 0.6 is 0 Å². The molecular formula is C16H10F3N3O. The van der Waals surface area contributed by atoms with Crippen LogP contribution in [0.5, 0.6) is 11.5 Å². The molecule has 116 valence electrons. The Hall–Kier alpha value is -2.96. The van der Waals surface area contributed by atoms with Gasteiger partial charge in [-0.2, -0.15) is 13.2 Å². The first-order valence-corrected chi connectivity index (χ1v) is 6.60. The molecule has 0 atom stereocenters. The van der Waals surface area contributed by atoms with Crippen LogP contribution < -0.4 is 4.74 Å². The Labute approximate surface area is 129 Å². The highest BCUT2D eigenvalue weighted by Crippen LogP contribution is 2.31. The van der Waals surface area contributed by atoms with Crippen molar-refractivity contribution in [2.75, 3.05) is 0 Å². The van der Waals surface area contributed by atoms with Crippen LogP contribution in [0.3, 0.4) is 0 Å². The first-order valence-electron chi connectivity index (χ1n) is 6.60. The van der Waals surface area contributed by atoms with Crippen molar-refractivity contribution in [3.8, 4) is 22.8 Å². The zero-order valence-corrected chi connectivity index (χ0v) is 11.7. The Morgan fingerprint density at radius 2 is 1.70 bits per heavy atom. The van der Waals surface area contributed by atoms with Crippen LogP contribution in [0.2, 0.25) is 0 Å². The minimum atomic E-state index is -4.50. The highest BCUT2D eigenvalue weighted by atomic mass is 19.4. The number of aromatic nitrogens is 3. The topological polar surface area (TPSA) is 47.9 Å². The number of pyridine rings is 3. The quantitative estimate of drug-likeness (QED) is 0.720. The fraction of sp³-hybridized carbons (Fsp3) is 0.0625. The van der Waals surface area contributed by atoms with Gasteiger partial charge in [0, 0.05) is 30.2 Å². The largest absolute Gasteiger partial charge is 0.456 e. The standard InChI is InChI=1S/C16H10F3N3O/c17-16(18,19)15-8-11(3-6-22-15)14-9-12(4-7-21-14)23-13-2-1-5-20-10-13/h1-10H. The summed E-state index contributed by atoms with van der Waals surface area (Å²) in [5.74, 6) is 0.976. The zero-order chi connectivity index (χ0) is 16.3. The lowest BCUT2D eigenvalue weighted by Crippen LogP contribution is -2.07. The Morgan fingerprint density at radius 1 is 0.870 bits per heavy atom. The van der Waals surface area contributed by atoms with Gasteiger partial charge in [-0.15, -0.1) is 0 Å². The van der Waals surface area contributed by atoms with Crippen LogP contribution in [0, 0.1) is 0 Å². The molecular weight excluding hydrogens is 307 g/mol. The van der Waals surface area contributed by atoms with E-state index in [9.17, 15) is 13.2 Å². The molecule has 0 aromatic carbocycles. The molecule has 7 heteroatoms. The lowest BCUT2D eigenvalue weighted by molar-refractivity contribution is -0.141. The minimum Gasteiger partial charge on any atom is -0.456 e. The summed E-state index contributed by atoms with van der Waals surface area (Å²) >= 11 is 0. The Kier molecular flexibility index (Phi) is 3.92. The van der Waals surface area contributed by atoms with Crippen molar-refractivity contribution in [3.63, 3.8) is 0 Å². The van der Waals surface area contributed by atoms with Crippen molar-refractivity contribution in [1.29, 1.82) is 0 Å². The van der Waals surface area contributed by atoms with Crippen LogP contribution in [0.1, 0.15) is 5.69 Å². The first kappa shape index (κ1) is 15.0. The maximum Gasteiger partial charge on any atom is 0.433 e. The predicted molar refractivity (Wildman–Crippen MR) is 76.8 cm³/mol. The summed E-state index contributed by atoms with van der Waals surface area (Å²) < 4.78 is 43.8. The summed E-state index contributed by atoms with van der Waals surface area (Å²) in [6, 6.07) is 9.03. The molecule has 3 aromatic heterocycles. The molecule has 0 aliphatic carbocycles. The van der Waals surface area contributed by atoms with Crippen molar-refractivity contribution in [2.45, 2.75) is 6.18 Å². The number of halogens is 3. The molecule has 3 rings (SSSR count). The molecule has 4 nitrogen and oxygen atoms in total. The monoisotopic (exact) mass is 317 g/mol. The smallest absolute Gasteiger partial charge is 0.433 e. The van der Waals surface area contributed by atoms with Crippen molar-refractivity contribution >= 4 is 0 Å². The molecule has 0 saturated carbocycles. The second kappa shape index (κ2) is 6.04. The highest BCUT2D eigenvalue weighted by Gasteiger charge is 2.32. The second-order valence-electron chi connectivity index (χ2n) is 4.60. The molecule has 3 aromatic rings. The van der Waals surface area contributed by atoms with Crippen LogP contribution in [0.4, 0.5) is 13.2 Å².